The average Bonchev–Trinajstić information content (AvgIpc) is 3.14. The second-order valence-electron chi connectivity index (χ2n) is 6.62. The molecule has 6 nitrogen and oxygen atoms in total. The topological polar surface area (TPSA) is 69.0 Å². The third kappa shape index (κ3) is 6.14. The van der Waals surface area contributed by atoms with E-state index in [-0.39, 0.29) is 24.1 Å². The van der Waals surface area contributed by atoms with Gasteiger partial charge < -0.3 is 10.1 Å². The van der Waals surface area contributed by atoms with Gasteiger partial charge in [0.2, 0.25) is 5.91 Å². The van der Waals surface area contributed by atoms with E-state index in [1.165, 1.54) is 36.0 Å². The summed E-state index contributed by atoms with van der Waals surface area (Å²) in [6.45, 7) is 6.23. The summed E-state index contributed by atoms with van der Waals surface area (Å²) in [4.78, 5) is 12.5. The monoisotopic (exact) mass is 444 g/mol. The van der Waals surface area contributed by atoms with Crippen molar-refractivity contribution in [1.29, 1.82) is 0 Å². The molecule has 1 aromatic heterocycles. The van der Waals surface area contributed by atoms with E-state index >= 15 is 0 Å². The number of aromatic nitrogens is 3. The van der Waals surface area contributed by atoms with Gasteiger partial charge in [0.05, 0.1) is 5.25 Å². The van der Waals surface area contributed by atoms with Gasteiger partial charge in [0.15, 0.2) is 22.5 Å². The SMILES string of the molecule is C=CCn1c(COc2ccccc2F)nnc1SC(C)C(=O)NCc1ccc(F)cc1. The summed E-state index contributed by atoms with van der Waals surface area (Å²) in [5, 5.41) is 11.2. The molecule has 3 aromatic rings. The van der Waals surface area contributed by atoms with Crippen LogP contribution in [0.4, 0.5) is 8.78 Å². The quantitative estimate of drug-likeness (QED) is 0.376. The number of hydrogen-bond acceptors (Lipinski definition) is 5. The van der Waals surface area contributed by atoms with Crippen LogP contribution in [-0.2, 0) is 24.5 Å². The second kappa shape index (κ2) is 10.7. The number of rotatable bonds is 10. The molecule has 9 heteroatoms. The zero-order valence-electron chi connectivity index (χ0n) is 16.9. The maximum absolute atomic E-state index is 13.8. The van der Waals surface area contributed by atoms with Crippen molar-refractivity contribution < 1.29 is 18.3 Å². The van der Waals surface area contributed by atoms with Crippen molar-refractivity contribution in [2.24, 2.45) is 0 Å². The molecule has 0 saturated heterocycles. The Morgan fingerprint density at radius 3 is 2.68 bits per heavy atom. The highest BCUT2D eigenvalue weighted by Gasteiger charge is 2.20. The minimum atomic E-state index is -0.460. The van der Waals surface area contributed by atoms with Gasteiger partial charge in [0.1, 0.15) is 12.4 Å². The van der Waals surface area contributed by atoms with Crippen LogP contribution in [0.15, 0.2) is 66.3 Å². The lowest BCUT2D eigenvalue weighted by atomic mass is 10.2. The number of thioether (sulfide) groups is 1. The Hall–Kier alpha value is -3.20. The van der Waals surface area contributed by atoms with E-state index in [9.17, 15) is 13.6 Å². The van der Waals surface area contributed by atoms with Crippen LogP contribution in [0.2, 0.25) is 0 Å². The van der Waals surface area contributed by atoms with Crippen LogP contribution in [0.25, 0.3) is 0 Å². The molecule has 0 fully saturated rings. The molecule has 0 radical (unpaired) electrons. The molecule has 31 heavy (non-hydrogen) atoms. The van der Waals surface area contributed by atoms with Crippen LogP contribution in [0.1, 0.15) is 18.3 Å². The number of nitrogens with one attached hydrogen (secondary N) is 1. The van der Waals surface area contributed by atoms with Gasteiger partial charge in [-0.25, -0.2) is 8.78 Å². The fourth-order valence-electron chi connectivity index (χ4n) is 2.68. The summed E-state index contributed by atoms with van der Waals surface area (Å²) < 4.78 is 34.1. The maximum atomic E-state index is 13.8. The lowest BCUT2D eigenvalue weighted by molar-refractivity contribution is -0.120. The Morgan fingerprint density at radius 1 is 1.23 bits per heavy atom. The molecule has 1 atom stereocenters. The molecule has 1 heterocycles. The number of ether oxygens (including phenoxy) is 1. The summed E-state index contributed by atoms with van der Waals surface area (Å²) in [5.41, 5.74) is 0.800. The van der Waals surface area contributed by atoms with Crippen LogP contribution < -0.4 is 10.1 Å². The Labute approximate surface area is 183 Å². The molecule has 162 valence electrons. The van der Waals surface area contributed by atoms with Gasteiger partial charge >= 0.3 is 0 Å². The minimum absolute atomic E-state index is 0.0213. The molecule has 1 N–H and O–H groups in total. The molecule has 0 aliphatic rings. The molecule has 1 amide bonds. The molecular weight excluding hydrogens is 422 g/mol. The second-order valence-corrected chi connectivity index (χ2v) is 7.93. The predicted octanol–water partition coefficient (Wildman–Crippen LogP) is 4.12. The number of benzene rings is 2. The Morgan fingerprint density at radius 2 is 1.97 bits per heavy atom. The highest BCUT2D eigenvalue weighted by atomic mass is 32.2. The van der Waals surface area contributed by atoms with Gasteiger partial charge in [-0.1, -0.05) is 42.1 Å². The number of hydrogen-bond donors (Lipinski definition) is 1. The number of halogens is 2. The van der Waals surface area contributed by atoms with Crippen molar-refractivity contribution >= 4 is 17.7 Å². The van der Waals surface area contributed by atoms with E-state index in [0.717, 1.165) is 5.56 Å². The number of allylic oxidation sites excluding steroid dienone is 1. The van der Waals surface area contributed by atoms with Gasteiger partial charge in [-0.3, -0.25) is 9.36 Å². The lowest BCUT2D eigenvalue weighted by Gasteiger charge is -2.13. The van der Waals surface area contributed by atoms with Gasteiger partial charge in [0.25, 0.3) is 0 Å². The van der Waals surface area contributed by atoms with Gasteiger partial charge in [-0.15, -0.1) is 16.8 Å². The molecular formula is C22H22F2N4O2S. The summed E-state index contributed by atoms with van der Waals surface area (Å²) >= 11 is 1.24. The number of para-hydroxylation sites is 1. The van der Waals surface area contributed by atoms with Crippen molar-refractivity contribution in [3.63, 3.8) is 0 Å². The molecule has 0 spiro atoms. The van der Waals surface area contributed by atoms with E-state index in [2.05, 4.69) is 22.1 Å². The van der Waals surface area contributed by atoms with Crippen molar-refractivity contribution in [1.82, 2.24) is 20.1 Å². The summed E-state index contributed by atoms with van der Waals surface area (Å²) in [5.74, 6) is -0.358. The third-order valence-corrected chi connectivity index (χ3v) is 5.41. The zero-order chi connectivity index (χ0) is 22.2. The first-order valence-electron chi connectivity index (χ1n) is 9.57. The van der Waals surface area contributed by atoms with Crippen LogP contribution >= 0.6 is 11.8 Å². The Kier molecular flexibility index (Phi) is 7.77. The molecule has 3 rings (SSSR count). The highest BCUT2D eigenvalue weighted by Crippen LogP contribution is 2.24. The normalized spacial score (nSPS) is 11.7. The first-order chi connectivity index (χ1) is 15.0. The smallest absolute Gasteiger partial charge is 0.233 e. The van der Waals surface area contributed by atoms with Crippen LogP contribution in [-0.4, -0.2) is 25.9 Å². The lowest BCUT2D eigenvalue weighted by Crippen LogP contribution is -2.30. The van der Waals surface area contributed by atoms with Gasteiger partial charge in [-0.2, -0.15) is 0 Å². The largest absolute Gasteiger partial charge is 0.483 e. The molecule has 0 aliphatic carbocycles. The third-order valence-electron chi connectivity index (χ3n) is 4.33. The maximum Gasteiger partial charge on any atom is 0.233 e. The van der Waals surface area contributed by atoms with Gasteiger partial charge in [-0.05, 0) is 36.8 Å². The minimum Gasteiger partial charge on any atom is -0.483 e. The van der Waals surface area contributed by atoms with E-state index < -0.39 is 11.1 Å². The van der Waals surface area contributed by atoms with Crippen LogP contribution in [0, 0.1) is 11.6 Å². The average molecular weight is 445 g/mol. The first kappa shape index (κ1) is 22.5. The number of nitrogens with zero attached hydrogens (tertiary/aromatic N) is 3. The molecule has 2 aromatic carbocycles. The Balaban J connectivity index is 1.61. The predicted molar refractivity (Wildman–Crippen MR) is 115 cm³/mol. The Bertz CT molecular complexity index is 1040. The fourth-order valence-corrected chi connectivity index (χ4v) is 3.58. The fraction of sp³-hybridized carbons (Fsp3) is 0.227. The first-order valence-corrected chi connectivity index (χ1v) is 10.4. The van der Waals surface area contributed by atoms with Crippen molar-refractivity contribution in [2.75, 3.05) is 0 Å². The van der Waals surface area contributed by atoms with E-state index in [1.807, 2.05) is 0 Å². The van der Waals surface area contributed by atoms with Crippen molar-refractivity contribution in [3.8, 4) is 5.75 Å². The molecule has 0 saturated carbocycles. The van der Waals surface area contributed by atoms with Crippen molar-refractivity contribution in [3.05, 3.63) is 84.2 Å². The van der Waals surface area contributed by atoms with Crippen LogP contribution in [0.5, 0.6) is 5.75 Å². The summed E-state index contributed by atoms with van der Waals surface area (Å²) in [6, 6.07) is 12.1. The molecule has 0 bridgehead atoms. The standard InChI is InChI=1S/C22H22F2N4O2S/c1-3-12-28-20(14-30-19-7-5-4-6-18(19)24)26-27-22(28)31-15(2)21(29)25-13-16-8-10-17(23)11-9-16/h3-11,15H,1,12-14H2,2H3,(H,25,29). The molecule has 0 aliphatic heterocycles. The van der Waals surface area contributed by atoms with E-state index in [4.69, 9.17) is 4.74 Å². The summed E-state index contributed by atoms with van der Waals surface area (Å²) in [6.07, 6.45) is 1.68. The van der Waals surface area contributed by atoms with E-state index in [0.29, 0.717) is 24.1 Å². The summed E-state index contributed by atoms with van der Waals surface area (Å²) in [7, 11) is 0. The zero-order valence-corrected chi connectivity index (χ0v) is 17.7. The highest BCUT2D eigenvalue weighted by molar-refractivity contribution is 8.00. The number of carbonyl (C=O) groups is 1. The number of carbonyl (C=O) groups excluding carboxylic acids is 1. The van der Waals surface area contributed by atoms with Crippen molar-refractivity contribution in [2.45, 2.75) is 37.0 Å². The van der Waals surface area contributed by atoms with E-state index in [1.54, 1.807) is 41.8 Å². The molecule has 1 unspecified atom stereocenters. The number of amides is 1. The van der Waals surface area contributed by atoms with Crippen LogP contribution in [0.3, 0.4) is 0 Å². The van der Waals surface area contributed by atoms with Gasteiger partial charge in [0, 0.05) is 13.1 Å².